The Labute approximate surface area is 100 Å². The number of nitrogens with two attached hydrogens (primary N) is 1. The largest absolute Gasteiger partial charge is 0.398 e. The molecule has 0 unspecified atom stereocenters. The van der Waals surface area contributed by atoms with Crippen LogP contribution in [0.3, 0.4) is 0 Å². The minimum Gasteiger partial charge on any atom is -0.398 e. The van der Waals surface area contributed by atoms with Gasteiger partial charge in [-0.05, 0) is 36.1 Å². The summed E-state index contributed by atoms with van der Waals surface area (Å²) in [5, 5.41) is 11.0. The number of rotatable bonds is 3. The molecule has 17 heavy (non-hydrogen) atoms. The van der Waals surface area contributed by atoms with Crippen LogP contribution in [0, 0.1) is 5.41 Å². The summed E-state index contributed by atoms with van der Waals surface area (Å²) in [5.74, 6) is 0. The van der Waals surface area contributed by atoms with Crippen molar-refractivity contribution in [3.63, 3.8) is 0 Å². The van der Waals surface area contributed by atoms with Crippen LogP contribution in [0.15, 0.2) is 60.2 Å². The van der Waals surface area contributed by atoms with Crippen molar-refractivity contribution in [2.45, 2.75) is 0 Å². The zero-order valence-electron chi connectivity index (χ0n) is 9.35. The Morgan fingerprint density at radius 1 is 1.41 bits per heavy atom. The summed E-state index contributed by atoms with van der Waals surface area (Å²) in [6, 6.07) is 3.58. The lowest BCUT2D eigenvalue weighted by Gasteiger charge is -2.09. The molecular formula is C13H14N4. The van der Waals surface area contributed by atoms with Gasteiger partial charge < -0.3 is 16.5 Å². The first-order valence-corrected chi connectivity index (χ1v) is 5.34. The number of nitrogens with one attached hydrogen (secondary N) is 2. The van der Waals surface area contributed by atoms with Gasteiger partial charge in [-0.2, -0.15) is 0 Å². The molecule has 4 heteroatoms. The van der Waals surface area contributed by atoms with E-state index in [9.17, 15) is 0 Å². The Balaban J connectivity index is 2.17. The molecule has 0 fully saturated rings. The molecule has 0 atom stereocenters. The number of dihydropyridines is 1. The summed E-state index contributed by atoms with van der Waals surface area (Å²) in [4.78, 5) is 3.92. The smallest absolute Gasteiger partial charge is 0.0634 e. The Hall–Kier alpha value is -2.36. The molecule has 1 aliphatic heterocycles. The lowest BCUT2D eigenvalue weighted by molar-refractivity contribution is 0.958. The lowest BCUT2D eigenvalue weighted by Crippen LogP contribution is -2.13. The van der Waals surface area contributed by atoms with Crippen LogP contribution in [0.5, 0.6) is 0 Å². The van der Waals surface area contributed by atoms with E-state index in [-0.39, 0.29) is 0 Å². The van der Waals surface area contributed by atoms with Crippen LogP contribution >= 0.6 is 0 Å². The fourth-order valence-electron chi connectivity index (χ4n) is 1.52. The van der Waals surface area contributed by atoms with Gasteiger partial charge in [0.05, 0.1) is 5.71 Å². The van der Waals surface area contributed by atoms with Crippen molar-refractivity contribution < 1.29 is 0 Å². The van der Waals surface area contributed by atoms with Crippen LogP contribution in [-0.4, -0.2) is 17.2 Å². The molecule has 1 aliphatic rings. The molecule has 0 bridgehead atoms. The maximum atomic E-state index is 7.93. The number of nitrogens with zero attached hydrogens (tertiary/aromatic N) is 1. The van der Waals surface area contributed by atoms with E-state index in [2.05, 4.69) is 10.3 Å². The zero-order valence-corrected chi connectivity index (χ0v) is 9.35. The second-order valence-electron chi connectivity index (χ2n) is 3.65. The standard InChI is InChI=1S/C13H14N4/c14-12(10-1-5-16-6-2-10)9-13(15)11-3-7-17-8-4-11/h1-7,9,14,17H,8,15H2/b13-9-,14-12?. The minimum atomic E-state index is 0.387. The van der Waals surface area contributed by atoms with Gasteiger partial charge in [0.1, 0.15) is 0 Å². The first-order valence-electron chi connectivity index (χ1n) is 5.34. The summed E-state index contributed by atoms with van der Waals surface area (Å²) in [5.41, 5.74) is 8.69. The highest BCUT2D eigenvalue weighted by Gasteiger charge is 2.03. The third kappa shape index (κ3) is 2.81. The molecule has 4 nitrogen and oxygen atoms in total. The van der Waals surface area contributed by atoms with Gasteiger partial charge in [0.25, 0.3) is 0 Å². The molecule has 2 heterocycles. The zero-order chi connectivity index (χ0) is 12.1. The van der Waals surface area contributed by atoms with E-state index in [4.69, 9.17) is 11.1 Å². The second kappa shape index (κ2) is 5.12. The van der Waals surface area contributed by atoms with E-state index in [0.29, 0.717) is 11.4 Å². The fourth-order valence-corrected chi connectivity index (χ4v) is 1.52. The van der Waals surface area contributed by atoms with E-state index in [1.807, 2.05) is 18.4 Å². The van der Waals surface area contributed by atoms with E-state index in [1.54, 1.807) is 30.6 Å². The average molecular weight is 226 g/mol. The van der Waals surface area contributed by atoms with Gasteiger partial charge in [0.2, 0.25) is 0 Å². The number of hydrogen-bond donors (Lipinski definition) is 3. The predicted octanol–water partition coefficient (Wildman–Crippen LogP) is 1.34. The molecule has 86 valence electrons. The molecule has 2 rings (SSSR count). The second-order valence-corrected chi connectivity index (χ2v) is 3.65. The topological polar surface area (TPSA) is 74.8 Å². The normalized spacial score (nSPS) is 15.1. The van der Waals surface area contributed by atoms with Crippen molar-refractivity contribution in [2.75, 3.05) is 6.54 Å². The number of pyridine rings is 1. The number of aromatic nitrogens is 1. The quantitative estimate of drug-likeness (QED) is 0.681. The minimum absolute atomic E-state index is 0.387. The van der Waals surface area contributed by atoms with Crippen molar-refractivity contribution in [1.29, 1.82) is 5.41 Å². The third-order valence-electron chi connectivity index (χ3n) is 2.45. The van der Waals surface area contributed by atoms with Gasteiger partial charge in [-0.25, -0.2) is 0 Å². The highest BCUT2D eigenvalue weighted by molar-refractivity contribution is 6.07. The Morgan fingerprint density at radius 3 is 2.82 bits per heavy atom. The van der Waals surface area contributed by atoms with Crippen molar-refractivity contribution in [1.82, 2.24) is 10.3 Å². The number of hydrogen-bond acceptors (Lipinski definition) is 4. The molecule has 1 aromatic rings. The van der Waals surface area contributed by atoms with Gasteiger partial charge in [-0.1, -0.05) is 6.08 Å². The third-order valence-corrected chi connectivity index (χ3v) is 2.45. The van der Waals surface area contributed by atoms with Crippen LogP contribution in [0.25, 0.3) is 0 Å². The molecule has 4 N–H and O–H groups in total. The van der Waals surface area contributed by atoms with Gasteiger partial charge in [0, 0.05) is 30.2 Å². The highest BCUT2D eigenvalue weighted by atomic mass is 14.8. The van der Waals surface area contributed by atoms with E-state index < -0.39 is 0 Å². The molecule has 0 saturated carbocycles. The summed E-state index contributed by atoms with van der Waals surface area (Å²) in [6.45, 7) is 0.767. The van der Waals surface area contributed by atoms with Crippen LogP contribution in [0.2, 0.25) is 0 Å². The summed E-state index contributed by atoms with van der Waals surface area (Å²) < 4.78 is 0. The molecule has 0 aliphatic carbocycles. The van der Waals surface area contributed by atoms with Crippen LogP contribution in [0.4, 0.5) is 0 Å². The van der Waals surface area contributed by atoms with Gasteiger partial charge in [-0.3, -0.25) is 4.98 Å². The Kier molecular flexibility index (Phi) is 3.35. The molecule has 1 aromatic heterocycles. The average Bonchev–Trinajstić information content (AvgIpc) is 2.40. The van der Waals surface area contributed by atoms with Crippen molar-refractivity contribution in [3.8, 4) is 0 Å². The highest BCUT2D eigenvalue weighted by Crippen LogP contribution is 2.09. The number of allylic oxidation sites excluding steroid dienone is 2. The summed E-state index contributed by atoms with van der Waals surface area (Å²) in [7, 11) is 0. The van der Waals surface area contributed by atoms with E-state index >= 15 is 0 Å². The van der Waals surface area contributed by atoms with Crippen molar-refractivity contribution in [3.05, 3.63) is 65.8 Å². The summed E-state index contributed by atoms with van der Waals surface area (Å²) in [6.07, 6.45) is 10.7. The Morgan fingerprint density at radius 2 is 2.18 bits per heavy atom. The first-order chi connectivity index (χ1) is 8.27. The predicted molar refractivity (Wildman–Crippen MR) is 68.6 cm³/mol. The molecule has 0 radical (unpaired) electrons. The first kappa shape index (κ1) is 11.1. The van der Waals surface area contributed by atoms with Gasteiger partial charge in [-0.15, -0.1) is 0 Å². The van der Waals surface area contributed by atoms with Gasteiger partial charge >= 0.3 is 0 Å². The molecule has 0 aromatic carbocycles. The van der Waals surface area contributed by atoms with E-state index in [0.717, 1.165) is 17.7 Å². The van der Waals surface area contributed by atoms with Crippen LogP contribution in [-0.2, 0) is 0 Å². The fraction of sp³-hybridized carbons (Fsp3) is 0.0769. The van der Waals surface area contributed by atoms with Crippen LogP contribution < -0.4 is 11.1 Å². The molecule has 0 saturated heterocycles. The lowest BCUT2D eigenvalue weighted by atomic mass is 10.1. The molecule has 0 spiro atoms. The molecule has 0 amide bonds. The maximum absolute atomic E-state index is 7.93. The Bertz CT molecular complexity index is 497. The van der Waals surface area contributed by atoms with E-state index in [1.165, 1.54) is 0 Å². The van der Waals surface area contributed by atoms with Gasteiger partial charge in [0.15, 0.2) is 0 Å². The maximum Gasteiger partial charge on any atom is 0.0634 e. The van der Waals surface area contributed by atoms with Crippen LogP contribution in [0.1, 0.15) is 5.56 Å². The molecular weight excluding hydrogens is 212 g/mol. The SMILES string of the molecule is N=C(/C=C(\N)C1=CCNC=C1)c1ccncc1. The monoisotopic (exact) mass is 226 g/mol. The summed E-state index contributed by atoms with van der Waals surface area (Å²) >= 11 is 0. The van der Waals surface area contributed by atoms with Crippen molar-refractivity contribution in [2.24, 2.45) is 5.73 Å². The van der Waals surface area contributed by atoms with Crippen molar-refractivity contribution >= 4 is 5.71 Å².